The number of hydrogen-bond acceptors (Lipinski definition) is 1. The molecule has 16 heavy (non-hydrogen) atoms. The minimum Gasteiger partial charge on any atom is -0.507 e. The molecular formula is C12H15F3O. The Balaban J connectivity index is 3.09. The molecule has 0 fully saturated rings. The Hall–Kier alpha value is -1.19. The van der Waals surface area contributed by atoms with Gasteiger partial charge in [-0.05, 0) is 29.5 Å². The van der Waals surface area contributed by atoms with E-state index in [0.717, 1.165) is 12.1 Å². The van der Waals surface area contributed by atoms with E-state index in [0.29, 0.717) is 12.0 Å². The van der Waals surface area contributed by atoms with Crippen molar-refractivity contribution in [2.75, 3.05) is 0 Å². The normalized spacial score (nSPS) is 12.9. The molecule has 1 aromatic carbocycles. The summed E-state index contributed by atoms with van der Waals surface area (Å²) in [5.74, 6) is -0.717. The molecule has 0 saturated heterocycles. The van der Waals surface area contributed by atoms with Crippen LogP contribution in [0.4, 0.5) is 13.2 Å². The van der Waals surface area contributed by atoms with E-state index in [1.807, 2.05) is 20.8 Å². The number of halogens is 3. The van der Waals surface area contributed by atoms with Gasteiger partial charge in [0.05, 0.1) is 5.56 Å². The van der Waals surface area contributed by atoms with Gasteiger partial charge in [-0.25, -0.2) is 0 Å². The van der Waals surface area contributed by atoms with Crippen molar-refractivity contribution in [3.8, 4) is 5.75 Å². The summed E-state index contributed by atoms with van der Waals surface area (Å²) in [6.45, 7) is 5.85. The minimum absolute atomic E-state index is 0.0835. The molecule has 0 saturated carbocycles. The van der Waals surface area contributed by atoms with Crippen LogP contribution < -0.4 is 0 Å². The second kappa shape index (κ2) is 4.00. The Kier molecular flexibility index (Phi) is 3.22. The van der Waals surface area contributed by atoms with Crippen LogP contribution in [0.5, 0.6) is 5.75 Å². The lowest BCUT2D eigenvalue weighted by molar-refractivity contribution is -0.138. The number of rotatable bonds is 1. The summed E-state index contributed by atoms with van der Waals surface area (Å²) in [5.41, 5.74) is -0.466. The second-order valence-electron chi connectivity index (χ2n) is 5.09. The smallest absolute Gasteiger partial charge is 0.419 e. The molecule has 1 aromatic rings. The lowest BCUT2D eigenvalue weighted by Gasteiger charge is -2.19. The summed E-state index contributed by atoms with van der Waals surface area (Å²) in [6, 6.07) is 3.64. The monoisotopic (exact) mass is 232 g/mol. The maximum Gasteiger partial charge on any atom is 0.419 e. The van der Waals surface area contributed by atoms with E-state index in [1.165, 1.54) is 6.07 Å². The van der Waals surface area contributed by atoms with E-state index in [4.69, 9.17) is 5.11 Å². The third kappa shape index (κ3) is 3.43. The van der Waals surface area contributed by atoms with Gasteiger partial charge in [0.25, 0.3) is 0 Å². The Morgan fingerprint density at radius 2 is 1.69 bits per heavy atom. The van der Waals surface area contributed by atoms with Gasteiger partial charge in [-0.15, -0.1) is 0 Å². The van der Waals surface area contributed by atoms with Crippen LogP contribution in [0, 0.1) is 5.41 Å². The average Bonchev–Trinajstić information content (AvgIpc) is 2.04. The standard InChI is InChI=1S/C12H15F3O/c1-11(2,3)7-8-4-5-10(16)9(6-8)12(13,14)15/h4-6,16H,7H2,1-3H3. The van der Waals surface area contributed by atoms with Crippen molar-refractivity contribution in [2.45, 2.75) is 33.4 Å². The summed E-state index contributed by atoms with van der Waals surface area (Å²) >= 11 is 0. The highest BCUT2D eigenvalue weighted by Gasteiger charge is 2.34. The Bertz CT molecular complexity index is 375. The second-order valence-corrected chi connectivity index (χ2v) is 5.09. The number of alkyl halides is 3. The molecule has 0 aliphatic carbocycles. The summed E-state index contributed by atoms with van der Waals surface area (Å²) in [7, 11) is 0. The number of benzene rings is 1. The van der Waals surface area contributed by atoms with E-state index in [2.05, 4.69) is 0 Å². The molecule has 1 nitrogen and oxygen atoms in total. The Morgan fingerprint density at radius 3 is 2.12 bits per heavy atom. The summed E-state index contributed by atoms with van der Waals surface area (Å²) < 4.78 is 37.5. The van der Waals surface area contributed by atoms with Crippen LogP contribution in [0.2, 0.25) is 0 Å². The molecule has 0 spiro atoms. The van der Waals surface area contributed by atoms with Gasteiger partial charge in [-0.3, -0.25) is 0 Å². The fourth-order valence-electron chi connectivity index (χ4n) is 1.53. The first-order valence-electron chi connectivity index (χ1n) is 4.99. The van der Waals surface area contributed by atoms with Crippen molar-refractivity contribution in [3.63, 3.8) is 0 Å². The van der Waals surface area contributed by atoms with Crippen molar-refractivity contribution in [3.05, 3.63) is 29.3 Å². The molecule has 0 aliphatic rings. The van der Waals surface area contributed by atoms with Crippen molar-refractivity contribution >= 4 is 0 Å². The maximum atomic E-state index is 12.5. The van der Waals surface area contributed by atoms with Gasteiger partial charge >= 0.3 is 6.18 Å². The number of phenolic OH excluding ortho intramolecular Hbond substituents is 1. The highest BCUT2D eigenvalue weighted by atomic mass is 19.4. The zero-order valence-corrected chi connectivity index (χ0v) is 9.52. The lowest BCUT2D eigenvalue weighted by atomic mass is 9.87. The molecule has 0 radical (unpaired) electrons. The lowest BCUT2D eigenvalue weighted by Crippen LogP contribution is -2.11. The molecule has 1 rings (SSSR count). The predicted octanol–water partition coefficient (Wildman–Crippen LogP) is 4.00. The highest BCUT2D eigenvalue weighted by molar-refractivity contribution is 5.38. The zero-order valence-electron chi connectivity index (χ0n) is 9.52. The van der Waals surface area contributed by atoms with Gasteiger partial charge in [-0.2, -0.15) is 13.2 Å². The first-order valence-corrected chi connectivity index (χ1v) is 4.99. The van der Waals surface area contributed by atoms with Crippen LogP contribution >= 0.6 is 0 Å². The van der Waals surface area contributed by atoms with Gasteiger partial charge in [0.2, 0.25) is 0 Å². The van der Waals surface area contributed by atoms with Crippen molar-refractivity contribution in [1.29, 1.82) is 0 Å². The van der Waals surface area contributed by atoms with Gasteiger partial charge in [0.15, 0.2) is 0 Å². The van der Waals surface area contributed by atoms with E-state index in [9.17, 15) is 13.2 Å². The van der Waals surface area contributed by atoms with Crippen LogP contribution in [0.15, 0.2) is 18.2 Å². The van der Waals surface area contributed by atoms with E-state index < -0.39 is 17.5 Å². The third-order valence-corrected chi connectivity index (χ3v) is 2.10. The van der Waals surface area contributed by atoms with E-state index in [-0.39, 0.29) is 5.41 Å². The molecule has 4 heteroatoms. The summed E-state index contributed by atoms with van der Waals surface area (Å²) in [4.78, 5) is 0. The van der Waals surface area contributed by atoms with Crippen LogP contribution in [0.25, 0.3) is 0 Å². The van der Waals surface area contributed by atoms with Crippen LogP contribution in [0.3, 0.4) is 0 Å². The van der Waals surface area contributed by atoms with Crippen LogP contribution in [0.1, 0.15) is 31.9 Å². The van der Waals surface area contributed by atoms with Gasteiger partial charge in [0.1, 0.15) is 5.75 Å². The van der Waals surface area contributed by atoms with Gasteiger partial charge in [-0.1, -0.05) is 26.8 Å². The fourth-order valence-corrected chi connectivity index (χ4v) is 1.53. The molecule has 0 heterocycles. The molecule has 0 aliphatic heterocycles. The largest absolute Gasteiger partial charge is 0.507 e. The maximum absolute atomic E-state index is 12.5. The number of aromatic hydroxyl groups is 1. The minimum atomic E-state index is -4.50. The summed E-state index contributed by atoms with van der Waals surface area (Å²) in [6.07, 6.45) is -3.96. The Labute approximate surface area is 92.9 Å². The van der Waals surface area contributed by atoms with Gasteiger partial charge < -0.3 is 5.11 Å². The number of phenols is 1. The molecule has 0 atom stereocenters. The molecule has 0 unspecified atom stereocenters. The van der Waals surface area contributed by atoms with Crippen molar-refractivity contribution < 1.29 is 18.3 Å². The zero-order chi connectivity index (χ0) is 12.6. The third-order valence-electron chi connectivity index (χ3n) is 2.10. The molecule has 1 N–H and O–H groups in total. The quantitative estimate of drug-likeness (QED) is 0.775. The van der Waals surface area contributed by atoms with Crippen LogP contribution in [-0.4, -0.2) is 5.11 Å². The predicted molar refractivity (Wildman–Crippen MR) is 56.3 cm³/mol. The first-order chi connectivity index (χ1) is 7.09. The van der Waals surface area contributed by atoms with E-state index in [1.54, 1.807) is 0 Å². The summed E-state index contributed by atoms with van der Waals surface area (Å²) in [5, 5.41) is 9.15. The fraction of sp³-hybridized carbons (Fsp3) is 0.500. The van der Waals surface area contributed by atoms with Gasteiger partial charge in [0, 0.05) is 0 Å². The topological polar surface area (TPSA) is 20.2 Å². The molecule has 0 bridgehead atoms. The van der Waals surface area contributed by atoms with Crippen LogP contribution in [-0.2, 0) is 12.6 Å². The SMILES string of the molecule is CC(C)(C)Cc1ccc(O)c(C(F)(F)F)c1. The molecular weight excluding hydrogens is 217 g/mol. The highest BCUT2D eigenvalue weighted by Crippen LogP contribution is 2.36. The average molecular weight is 232 g/mol. The van der Waals surface area contributed by atoms with Crippen molar-refractivity contribution in [2.24, 2.45) is 5.41 Å². The van der Waals surface area contributed by atoms with Crippen molar-refractivity contribution in [1.82, 2.24) is 0 Å². The molecule has 90 valence electrons. The Morgan fingerprint density at radius 1 is 1.12 bits per heavy atom. The molecule has 0 aromatic heterocycles. The first kappa shape index (κ1) is 12.9. The number of hydrogen-bond donors (Lipinski definition) is 1. The molecule has 0 amide bonds. The van der Waals surface area contributed by atoms with E-state index >= 15 is 0 Å².